The second kappa shape index (κ2) is 13.0. The standard InChI is InChI=1S/C51H33N5/c1-3-16-34(17-4-1)39-22-7-8-26-43(39)51-53-49(35-18-5-2-6-19-35)52-50(54-51)36-20-15-21-37(32-36)55-47-29-14-11-25-42(47)44-33-38(30-31-48(44)55)56-45-27-12-9-23-40(45)41-24-10-13-28-46(41)56/h1-33H/i9D,10D,11D,12D,13D,14D,23D,24D,25D,27D,28D,29D,30D,31D,33D. The average molecular weight is 731 g/mol. The van der Waals surface area contributed by atoms with Gasteiger partial charge in [-0.25, -0.2) is 15.0 Å². The first-order chi connectivity index (χ1) is 34.0. The van der Waals surface area contributed by atoms with Gasteiger partial charge < -0.3 is 9.13 Å². The molecule has 0 bridgehead atoms. The van der Waals surface area contributed by atoms with E-state index < -0.39 is 96.3 Å². The molecular formula is C51H33N5. The van der Waals surface area contributed by atoms with Gasteiger partial charge in [-0.2, -0.15) is 0 Å². The van der Waals surface area contributed by atoms with Gasteiger partial charge in [-0.15, -0.1) is 0 Å². The van der Waals surface area contributed by atoms with Crippen molar-refractivity contribution in [2.24, 2.45) is 0 Å². The Morgan fingerprint density at radius 3 is 1.50 bits per heavy atom. The zero-order chi connectivity index (χ0) is 50.1. The number of fused-ring (bicyclic) bond motifs is 6. The predicted octanol–water partition coefficient (Wildman–Crippen LogP) is 12.7. The van der Waals surface area contributed by atoms with Gasteiger partial charge in [-0.1, -0.05) is 151 Å². The number of aromatic nitrogens is 5. The molecule has 0 spiro atoms. The molecule has 0 N–H and O–H groups in total. The SMILES string of the molecule is [2H]c1c([2H])c([2H])c2c(c1[2H])c1c([2H])c(-n3c4c([2H])c([2H])c([2H])c([2H])c4c4c([2H])c([2H])c([2H])c([2H])c43)c([2H])c([2H])c1n2-c1cccc(-c2nc(-c3ccccc3)nc(-c3ccccc3-c3ccccc3)n2)c1. The fourth-order valence-corrected chi connectivity index (χ4v) is 7.19. The van der Waals surface area contributed by atoms with E-state index in [0.717, 1.165) is 21.3 Å². The van der Waals surface area contributed by atoms with Crippen molar-refractivity contribution < 1.29 is 20.6 Å². The lowest BCUT2D eigenvalue weighted by molar-refractivity contribution is 1.07. The topological polar surface area (TPSA) is 48.5 Å². The number of hydrogen-bond acceptors (Lipinski definition) is 3. The van der Waals surface area contributed by atoms with E-state index in [1.165, 1.54) is 4.57 Å². The van der Waals surface area contributed by atoms with E-state index in [2.05, 4.69) is 0 Å². The maximum atomic E-state index is 9.96. The molecular weight excluding hydrogens is 683 g/mol. The van der Waals surface area contributed by atoms with Crippen LogP contribution in [0.4, 0.5) is 0 Å². The van der Waals surface area contributed by atoms with E-state index in [1.807, 2.05) is 84.9 Å². The highest BCUT2D eigenvalue weighted by atomic mass is 15.0. The Kier molecular flexibility index (Phi) is 4.70. The van der Waals surface area contributed by atoms with Crippen molar-refractivity contribution >= 4 is 43.6 Å². The number of rotatable bonds is 6. The second-order valence-corrected chi connectivity index (χ2v) is 12.9. The normalized spacial score (nSPS) is 15.3. The van der Waals surface area contributed by atoms with Crippen LogP contribution >= 0.6 is 0 Å². The summed E-state index contributed by atoms with van der Waals surface area (Å²) in [5.41, 5.74) is 2.32. The van der Waals surface area contributed by atoms with Crippen LogP contribution in [0, 0.1) is 0 Å². The average Bonchev–Trinajstić information content (AvgIpc) is 3.95. The third-order valence-corrected chi connectivity index (χ3v) is 9.68. The lowest BCUT2D eigenvalue weighted by Gasteiger charge is -2.13. The summed E-state index contributed by atoms with van der Waals surface area (Å²) in [7, 11) is 0. The van der Waals surface area contributed by atoms with E-state index in [1.54, 1.807) is 24.3 Å². The van der Waals surface area contributed by atoms with Crippen LogP contribution in [0.1, 0.15) is 20.6 Å². The molecule has 0 fully saturated rings. The highest BCUT2D eigenvalue weighted by Crippen LogP contribution is 2.38. The van der Waals surface area contributed by atoms with Crippen molar-refractivity contribution in [2.75, 3.05) is 0 Å². The van der Waals surface area contributed by atoms with Crippen molar-refractivity contribution in [3.05, 3.63) is 200 Å². The van der Waals surface area contributed by atoms with Gasteiger partial charge in [0.25, 0.3) is 0 Å². The lowest BCUT2D eigenvalue weighted by atomic mass is 9.99. The maximum absolute atomic E-state index is 9.96. The molecule has 0 unspecified atom stereocenters. The molecule has 0 saturated carbocycles. The van der Waals surface area contributed by atoms with Gasteiger partial charge in [0.2, 0.25) is 0 Å². The number of hydrogen-bond donors (Lipinski definition) is 0. The Hall–Kier alpha value is -7.63. The van der Waals surface area contributed by atoms with Crippen LogP contribution in [-0.4, -0.2) is 24.1 Å². The number of para-hydroxylation sites is 3. The minimum Gasteiger partial charge on any atom is -0.309 e. The molecule has 0 radical (unpaired) electrons. The smallest absolute Gasteiger partial charge is 0.164 e. The van der Waals surface area contributed by atoms with Gasteiger partial charge >= 0.3 is 0 Å². The fraction of sp³-hybridized carbons (Fsp3) is 0. The molecule has 262 valence electrons. The van der Waals surface area contributed by atoms with Gasteiger partial charge in [-0.05, 0) is 59.5 Å². The monoisotopic (exact) mass is 730 g/mol. The van der Waals surface area contributed by atoms with Crippen molar-refractivity contribution in [2.45, 2.75) is 0 Å². The van der Waals surface area contributed by atoms with E-state index in [-0.39, 0.29) is 55.1 Å². The highest BCUT2D eigenvalue weighted by molar-refractivity contribution is 6.12. The first kappa shape index (κ1) is 20.2. The molecule has 8 aromatic carbocycles. The molecule has 5 heteroatoms. The Bertz CT molecular complexity index is 4040. The zero-order valence-corrected chi connectivity index (χ0v) is 29.1. The summed E-state index contributed by atoms with van der Waals surface area (Å²) in [6.07, 6.45) is 0. The Labute approximate surface area is 344 Å². The van der Waals surface area contributed by atoms with E-state index in [0.29, 0.717) is 22.8 Å². The molecule has 0 atom stereocenters. The zero-order valence-electron chi connectivity index (χ0n) is 44.1. The predicted molar refractivity (Wildman–Crippen MR) is 230 cm³/mol. The molecule has 0 aliphatic rings. The molecule has 56 heavy (non-hydrogen) atoms. The third-order valence-electron chi connectivity index (χ3n) is 9.68. The second-order valence-electron chi connectivity index (χ2n) is 12.9. The van der Waals surface area contributed by atoms with Crippen LogP contribution in [0.3, 0.4) is 0 Å². The molecule has 11 aromatic rings. The van der Waals surface area contributed by atoms with E-state index in [9.17, 15) is 6.85 Å². The van der Waals surface area contributed by atoms with Crippen molar-refractivity contribution in [3.8, 4) is 56.7 Å². The minimum atomic E-state index is -0.723. The highest BCUT2D eigenvalue weighted by Gasteiger charge is 2.19. The van der Waals surface area contributed by atoms with Gasteiger partial charge in [0.1, 0.15) is 0 Å². The quantitative estimate of drug-likeness (QED) is 0.171. The molecule has 0 saturated heterocycles. The van der Waals surface area contributed by atoms with Crippen LogP contribution in [0.2, 0.25) is 0 Å². The lowest BCUT2D eigenvalue weighted by Crippen LogP contribution is -2.02. The van der Waals surface area contributed by atoms with E-state index >= 15 is 0 Å². The largest absolute Gasteiger partial charge is 0.309 e. The molecule has 0 aliphatic heterocycles. The number of nitrogens with zero attached hydrogens (tertiary/aromatic N) is 5. The Morgan fingerprint density at radius 2 is 0.839 bits per heavy atom. The summed E-state index contributed by atoms with van der Waals surface area (Å²) < 4.78 is 138. The van der Waals surface area contributed by atoms with Crippen LogP contribution in [0.5, 0.6) is 0 Å². The molecule has 0 amide bonds. The van der Waals surface area contributed by atoms with Crippen LogP contribution in [0.25, 0.3) is 100 Å². The van der Waals surface area contributed by atoms with Crippen LogP contribution < -0.4 is 0 Å². The summed E-state index contributed by atoms with van der Waals surface area (Å²) in [6, 6.07) is 23.8. The third kappa shape index (κ3) is 5.21. The Morgan fingerprint density at radius 1 is 0.357 bits per heavy atom. The maximum Gasteiger partial charge on any atom is 0.164 e. The first-order valence-corrected chi connectivity index (χ1v) is 17.7. The minimum absolute atomic E-state index is 0.147. The van der Waals surface area contributed by atoms with Crippen LogP contribution in [-0.2, 0) is 0 Å². The van der Waals surface area contributed by atoms with Gasteiger partial charge in [0, 0.05) is 49.6 Å². The van der Waals surface area contributed by atoms with Gasteiger partial charge in [-0.3, -0.25) is 0 Å². The van der Waals surface area contributed by atoms with Gasteiger partial charge in [0.15, 0.2) is 17.5 Å². The molecule has 5 nitrogen and oxygen atoms in total. The van der Waals surface area contributed by atoms with Gasteiger partial charge in [0.05, 0.1) is 42.6 Å². The Balaban J connectivity index is 1.23. The summed E-state index contributed by atoms with van der Waals surface area (Å²) in [6.45, 7) is 0. The summed E-state index contributed by atoms with van der Waals surface area (Å²) in [4.78, 5) is 14.9. The van der Waals surface area contributed by atoms with E-state index in [4.69, 9.17) is 28.7 Å². The molecule has 3 heterocycles. The molecule has 3 aromatic heterocycles. The summed E-state index contributed by atoms with van der Waals surface area (Å²) in [5.74, 6) is 0.962. The molecule has 0 aliphatic carbocycles. The fourth-order valence-electron chi connectivity index (χ4n) is 7.19. The van der Waals surface area contributed by atoms with Crippen LogP contribution in [0.15, 0.2) is 200 Å². The molecule has 11 rings (SSSR count). The van der Waals surface area contributed by atoms with Crippen molar-refractivity contribution in [3.63, 3.8) is 0 Å². The van der Waals surface area contributed by atoms with Crippen molar-refractivity contribution in [1.29, 1.82) is 0 Å². The summed E-state index contributed by atoms with van der Waals surface area (Å²) in [5, 5.41) is -1.03. The number of benzene rings is 8. The first-order valence-electron chi connectivity index (χ1n) is 25.2. The summed E-state index contributed by atoms with van der Waals surface area (Å²) >= 11 is 0. The van der Waals surface area contributed by atoms with Crippen molar-refractivity contribution in [1.82, 2.24) is 24.1 Å².